The van der Waals surface area contributed by atoms with Crippen molar-refractivity contribution in [2.24, 2.45) is 17.8 Å². The summed E-state index contributed by atoms with van der Waals surface area (Å²) in [6.45, 7) is 3.97. The van der Waals surface area contributed by atoms with Gasteiger partial charge in [0, 0.05) is 17.4 Å². The molecule has 0 spiro atoms. The van der Waals surface area contributed by atoms with Gasteiger partial charge in [-0.2, -0.15) is 0 Å². The molecule has 0 aromatic heterocycles. The minimum absolute atomic E-state index is 0.444. The third-order valence-electron chi connectivity index (χ3n) is 4.83. The van der Waals surface area contributed by atoms with Crippen LogP contribution in [0.2, 0.25) is 0 Å². The summed E-state index contributed by atoms with van der Waals surface area (Å²) in [6.07, 6.45) is 5.26. The molecule has 2 bridgehead atoms. The van der Waals surface area contributed by atoms with E-state index in [4.69, 9.17) is 4.74 Å². The van der Waals surface area contributed by atoms with Gasteiger partial charge in [0.15, 0.2) is 0 Å². The highest BCUT2D eigenvalue weighted by Crippen LogP contribution is 2.61. The molecule has 5 atom stereocenters. The van der Waals surface area contributed by atoms with Gasteiger partial charge in [-0.05, 0) is 30.7 Å². The lowest BCUT2D eigenvalue weighted by Gasteiger charge is -2.28. The van der Waals surface area contributed by atoms with Gasteiger partial charge in [-0.3, -0.25) is 0 Å². The van der Waals surface area contributed by atoms with Crippen molar-refractivity contribution < 1.29 is 4.74 Å². The molecule has 1 nitrogen and oxygen atoms in total. The molecule has 0 amide bonds. The summed E-state index contributed by atoms with van der Waals surface area (Å²) < 4.78 is 6.15. The number of hydrogen-bond donors (Lipinski definition) is 0. The summed E-state index contributed by atoms with van der Waals surface area (Å²) >= 11 is 0. The number of hydrogen-bond acceptors (Lipinski definition) is 1. The van der Waals surface area contributed by atoms with Crippen LogP contribution < -0.4 is 4.74 Å². The van der Waals surface area contributed by atoms with Gasteiger partial charge in [0.05, 0.1) is 0 Å². The van der Waals surface area contributed by atoms with Crippen molar-refractivity contribution in [2.75, 3.05) is 0 Å². The van der Waals surface area contributed by atoms with Crippen molar-refractivity contribution in [1.29, 1.82) is 0 Å². The van der Waals surface area contributed by atoms with Crippen LogP contribution in [0.25, 0.3) is 0 Å². The molecule has 1 aromatic carbocycles. The maximum atomic E-state index is 6.15. The van der Waals surface area contributed by atoms with Crippen LogP contribution in [0.1, 0.15) is 24.3 Å². The van der Waals surface area contributed by atoms with Gasteiger partial charge in [-0.25, -0.2) is 0 Å². The van der Waals surface area contributed by atoms with Crippen molar-refractivity contribution in [3.05, 3.63) is 42.5 Å². The van der Waals surface area contributed by atoms with Gasteiger partial charge in [0.25, 0.3) is 0 Å². The molecule has 4 rings (SSSR count). The van der Waals surface area contributed by atoms with Crippen molar-refractivity contribution in [1.82, 2.24) is 0 Å². The zero-order valence-corrected chi connectivity index (χ0v) is 9.30. The van der Waals surface area contributed by atoms with Crippen molar-refractivity contribution >= 4 is 0 Å². The molecule has 16 heavy (non-hydrogen) atoms. The Balaban J connectivity index is 1.77. The molecule has 5 unspecified atom stereocenters. The van der Waals surface area contributed by atoms with E-state index in [0.717, 1.165) is 17.6 Å². The molecule has 82 valence electrons. The Kier molecular flexibility index (Phi) is 1.61. The highest BCUT2D eigenvalue weighted by Gasteiger charge is 2.56. The molecule has 1 aromatic rings. The second-order valence-corrected chi connectivity index (χ2v) is 5.44. The summed E-state index contributed by atoms with van der Waals surface area (Å²) in [5, 5.41) is 0. The molecule has 0 saturated heterocycles. The zero-order valence-electron chi connectivity index (χ0n) is 9.30. The lowest BCUT2D eigenvalue weighted by Crippen LogP contribution is -2.30. The first-order chi connectivity index (χ1) is 7.88. The average molecular weight is 212 g/mol. The quantitative estimate of drug-likeness (QED) is 0.648. The molecule has 1 heterocycles. The van der Waals surface area contributed by atoms with E-state index >= 15 is 0 Å². The van der Waals surface area contributed by atoms with Crippen LogP contribution in [0.15, 0.2) is 36.9 Å². The Bertz CT molecular complexity index is 451. The molecule has 1 aliphatic heterocycles. The van der Waals surface area contributed by atoms with Crippen molar-refractivity contribution in [3.63, 3.8) is 0 Å². The predicted octanol–water partition coefficient (Wildman–Crippen LogP) is 3.37. The zero-order chi connectivity index (χ0) is 10.7. The Morgan fingerprint density at radius 2 is 2.12 bits per heavy atom. The molecule has 0 radical (unpaired) electrons. The van der Waals surface area contributed by atoms with Gasteiger partial charge in [0.2, 0.25) is 0 Å². The maximum absolute atomic E-state index is 6.15. The van der Waals surface area contributed by atoms with Crippen LogP contribution in [0, 0.1) is 17.8 Å². The molecule has 2 saturated carbocycles. The van der Waals surface area contributed by atoms with Gasteiger partial charge in [0.1, 0.15) is 11.9 Å². The third-order valence-corrected chi connectivity index (χ3v) is 4.83. The first-order valence-corrected chi connectivity index (χ1v) is 6.26. The average Bonchev–Trinajstić information content (AvgIpc) is 2.97. The number of benzene rings is 1. The fraction of sp³-hybridized carbons (Fsp3) is 0.467. The summed E-state index contributed by atoms with van der Waals surface area (Å²) in [5.41, 5.74) is 1.46. The van der Waals surface area contributed by atoms with E-state index in [9.17, 15) is 0 Å². The topological polar surface area (TPSA) is 9.23 Å². The predicted molar refractivity (Wildman–Crippen MR) is 63.5 cm³/mol. The maximum Gasteiger partial charge on any atom is 0.123 e. The standard InChI is InChI=1S/C15H16O/c1-2-9-7-10-8-12(9)15-14(10)11-5-3-4-6-13(11)16-15/h2-6,9-10,12,14-15H,1,7-8H2. The summed E-state index contributed by atoms with van der Waals surface area (Å²) in [7, 11) is 0. The smallest absolute Gasteiger partial charge is 0.123 e. The van der Waals surface area contributed by atoms with Crippen LogP contribution in [0.3, 0.4) is 0 Å². The molecule has 2 fully saturated rings. The molecule has 0 N–H and O–H groups in total. The second kappa shape index (κ2) is 2.91. The summed E-state index contributed by atoms with van der Waals surface area (Å²) in [4.78, 5) is 0. The largest absolute Gasteiger partial charge is 0.489 e. The Morgan fingerprint density at radius 3 is 3.00 bits per heavy atom. The summed E-state index contributed by atoms with van der Waals surface area (Å²) in [6, 6.07) is 8.59. The molecule has 3 aliphatic rings. The van der Waals surface area contributed by atoms with Gasteiger partial charge >= 0.3 is 0 Å². The van der Waals surface area contributed by atoms with E-state index in [0.29, 0.717) is 17.9 Å². The first-order valence-electron chi connectivity index (χ1n) is 6.26. The fourth-order valence-electron chi connectivity index (χ4n) is 4.22. The number of rotatable bonds is 1. The monoisotopic (exact) mass is 212 g/mol. The first kappa shape index (κ1) is 8.86. The minimum atomic E-state index is 0.444. The van der Waals surface area contributed by atoms with Crippen LogP contribution in [-0.4, -0.2) is 6.10 Å². The van der Waals surface area contributed by atoms with Gasteiger partial charge in [-0.1, -0.05) is 24.3 Å². The van der Waals surface area contributed by atoms with E-state index in [1.807, 2.05) is 0 Å². The van der Waals surface area contributed by atoms with Crippen molar-refractivity contribution in [2.45, 2.75) is 24.9 Å². The second-order valence-electron chi connectivity index (χ2n) is 5.44. The van der Waals surface area contributed by atoms with E-state index < -0.39 is 0 Å². The van der Waals surface area contributed by atoms with E-state index in [2.05, 4.69) is 36.9 Å². The van der Waals surface area contributed by atoms with Gasteiger partial charge < -0.3 is 4.74 Å². The molecule has 1 heteroatoms. The number of allylic oxidation sites excluding steroid dienone is 1. The van der Waals surface area contributed by atoms with Crippen LogP contribution in [-0.2, 0) is 0 Å². The van der Waals surface area contributed by atoms with Crippen LogP contribution in [0.5, 0.6) is 5.75 Å². The highest BCUT2D eigenvalue weighted by molar-refractivity contribution is 5.43. The SMILES string of the molecule is C=CC1CC2CC1C1Oc3ccccc3C21. The highest BCUT2D eigenvalue weighted by atomic mass is 16.5. The number of fused-ring (bicyclic) bond motifs is 7. The molecular weight excluding hydrogens is 196 g/mol. The lowest BCUT2D eigenvalue weighted by atomic mass is 9.78. The molecule has 2 aliphatic carbocycles. The third kappa shape index (κ3) is 0.922. The van der Waals surface area contributed by atoms with Gasteiger partial charge in [-0.15, -0.1) is 6.58 Å². The number of ether oxygens (including phenoxy) is 1. The fourth-order valence-corrected chi connectivity index (χ4v) is 4.22. The normalized spacial score (nSPS) is 42.6. The Labute approximate surface area is 96.1 Å². The van der Waals surface area contributed by atoms with Crippen molar-refractivity contribution in [3.8, 4) is 5.75 Å². The molecular formula is C15H16O. The summed E-state index contributed by atoms with van der Waals surface area (Å²) in [5.74, 6) is 4.07. The Morgan fingerprint density at radius 1 is 1.25 bits per heavy atom. The van der Waals surface area contributed by atoms with E-state index in [1.165, 1.54) is 18.4 Å². The van der Waals surface area contributed by atoms with E-state index in [-0.39, 0.29) is 0 Å². The number of para-hydroxylation sites is 1. The lowest BCUT2D eigenvalue weighted by molar-refractivity contribution is 0.125. The Hall–Kier alpha value is -1.24. The van der Waals surface area contributed by atoms with Crippen LogP contribution in [0.4, 0.5) is 0 Å². The minimum Gasteiger partial charge on any atom is -0.489 e. The van der Waals surface area contributed by atoms with E-state index in [1.54, 1.807) is 0 Å². The van der Waals surface area contributed by atoms with Crippen LogP contribution >= 0.6 is 0 Å².